The van der Waals surface area contributed by atoms with Gasteiger partial charge in [-0.1, -0.05) is 0 Å². The molecule has 0 amide bonds. The van der Waals surface area contributed by atoms with Crippen molar-refractivity contribution >= 4 is 5.95 Å². The molecule has 1 saturated carbocycles. The normalized spacial score (nSPS) is 25.7. The van der Waals surface area contributed by atoms with Crippen LogP contribution in [0.2, 0.25) is 0 Å². The van der Waals surface area contributed by atoms with Crippen molar-refractivity contribution in [2.75, 3.05) is 11.9 Å². The molecule has 2 N–H and O–H groups in total. The van der Waals surface area contributed by atoms with Crippen molar-refractivity contribution in [1.29, 1.82) is 0 Å². The van der Waals surface area contributed by atoms with Gasteiger partial charge in [-0.3, -0.25) is 0 Å². The second-order valence-corrected chi connectivity index (χ2v) is 3.15. The Morgan fingerprint density at radius 1 is 1.54 bits per heavy atom. The van der Waals surface area contributed by atoms with E-state index >= 15 is 0 Å². The molecule has 0 radical (unpaired) electrons. The summed E-state index contributed by atoms with van der Waals surface area (Å²) in [7, 11) is 0. The molecule has 1 fully saturated rings. The average Bonchev–Trinajstić information content (AvgIpc) is 2.88. The number of hydrogen-bond acceptors (Lipinski definition) is 4. The van der Waals surface area contributed by atoms with Crippen LogP contribution in [-0.4, -0.2) is 27.7 Å². The predicted octanol–water partition coefficient (Wildman–Crippen LogP) is 0.408. The Kier molecular flexibility index (Phi) is 2.10. The number of aromatic nitrogens is 2. The molecule has 0 aliphatic heterocycles. The maximum Gasteiger partial charge on any atom is 0.223 e. The molecule has 0 bridgehead atoms. The molecule has 70 valence electrons. The van der Waals surface area contributed by atoms with E-state index in [1.807, 2.05) is 0 Å². The lowest BCUT2D eigenvalue weighted by molar-refractivity contribution is 0.275. The molecule has 2 atom stereocenters. The summed E-state index contributed by atoms with van der Waals surface area (Å²) in [5.74, 6) is 0.274. The van der Waals surface area contributed by atoms with Crippen LogP contribution in [0.5, 0.6) is 0 Å². The van der Waals surface area contributed by atoms with Crippen LogP contribution in [0.25, 0.3) is 0 Å². The quantitative estimate of drug-likeness (QED) is 0.712. The molecule has 1 aromatic heterocycles. The number of aliphatic hydroxyl groups excluding tert-OH is 1. The number of rotatable bonds is 3. The minimum Gasteiger partial charge on any atom is -0.396 e. The third kappa shape index (κ3) is 1.92. The van der Waals surface area contributed by atoms with Gasteiger partial charge in [0.05, 0.1) is 12.4 Å². The van der Waals surface area contributed by atoms with E-state index in [4.69, 9.17) is 5.11 Å². The van der Waals surface area contributed by atoms with E-state index in [0.29, 0.717) is 11.9 Å². The van der Waals surface area contributed by atoms with Gasteiger partial charge in [0.2, 0.25) is 5.95 Å². The molecule has 1 heterocycles. The van der Waals surface area contributed by atoms with Crippen LogP contribution in [0.15, 0.2) is 12.4 Å². The molecule has 4 nitrogen and oxygen atoms in total. The Morgan fingerprint density at radius 2 is 2.23 bits per heavy atom. The van der Waals surface area contributed by atoms with Crippen molar-refractivity contribution in [3.63, 3.8) is 0 Å². The molecule has 0 saturated heterocycles. The molecule has 1 aliphatic carbocycles. The maximum absolute atomic E-state index is 12.4. The summed E-state index contributed by atoms with van der Waals surface area (Å²) in [5, 5.41) is 11.8. The van der Waals surface area contributed by atoms with E-state index in [1.54, 1.807) is 0 Å². The van der Waals surface area contributed by atoms with Gasteiger partial charge in [-0.05, 0) is 6.42 Å². The van der Waals surface area contributed by atoms with E-state index in [9.17, 15) is 4.39 Å². The van der Waals surface area contributed by atoms with Gasteiger partial charge in [0.1, 0.15) is 0 Å². The van der Waals surface area contributed by atoms with Crippen molar-refractivity contribution in [3.05, 3.63) is 18.2 Å². The van der Waals surface area contributed by atoms with Crippen LogP contribution in [0, 0.1) is 11.7 Å². The van der Waals surface area contributed by atoms with E-state index in [1.165, 1.54) is 0 Å². The predicted molar refractivity (Wildman–Crippen MR) is 44.6 cm³/mol. The monoisotopic (exact) mass is 183 g/mol. The van der Waals surface area contributed by atoms with E-state index in [-0.39, 0.29) is 12.6 Å². The Labute approximate surface area is 74.8 Å². The lowest BCUT2D eigenvalue weighted by atomic mass is 10.4. The molecule has 1 aromatic rings. The first-order valence-corrected chi connectivity index (χ1v) is 4.14. The average molecular weight is 183 g/mol. The van der Waals surface area contributed by atoms with E-state index in [0.717, 1.165) is 18.8 Å². The summed E-state index contributed by atoms with van der Waals surface area (Å²) >= 11 is 0. The first-order chi connectivity index (χ1) is 6.29. The molecule has 1 aliphatic rings. The molecular formula is C8H10FN3O. The van der Waals surface area contributed by atoms with E-state index < -0.39 is 5.82 Å². The van der Waals surface area contributed by atoms with Crippen molar-refractivity contribution in [2.24, 2.45) is 5.92 Å². The molecule has 0 unspecified atom stereocenters. The lowest BCUT2D eigenvalue weighted by Gasteiger charge is -2.01. The highest BCUT2D eigenvalue weighted by Gasteiger charge is 2.36. The second-order valence-electron chi connectivity index (χ2n) is 3.15. The zero-order chi connectivity index (χ0) is 9.26. The first-order valence-electron chi connectivity index (χ1n) is 4.14. The van der Waals surface area contributed by atoms with Crippen LogP contribution >= 0.6 is 0 Å². The summed E-state index contributed by atoms with van der Waals surface area (Å²) in [6.07, 6.45) is 3.16. The molecule has 0 aromatic carbocycles. The Bertz CT molecular complexity index is 290. The minimum atomic E-state index is -0.444. The second kappa shape index (κ2) is 3.26. The van der Waals surface area contributed by atoms with Gasteiger partial charge in [-0.15, -0.1) is 0 Å². The van der Waals surface area contributed by atoms with Crippen LogP contribution in [0.4, 0.5) is 10.3 Å². The van der Waals surface area contributed by atoms with Crippen LogP contribution in [0.1, 0.15) is 6.42 Å². The fraction of sp³-hybridized carbons (Fsp3) is 0.500. The highest BCUT2D eigenvalue weighted by Crippen LogP contribution is 2.31. The maximum atomic E-state index is 12.4. The first kappa shape index (κ1) is 8.37. The topological polar surface area (TPSA) is 58.0 Å². The van der Waals surface area contributed by atoms with Gasteiger partial charge < -0.3 is 10.4 Å². The summed E-state index contributed by atoms with van der Waals surface area (Å²) in [4.78, 5) is 7.50. The summed E-state index contributed by atoms with van der Waals surface area (Å²) < 4.78 is 12.4. The van der Waals surface area contributed by atoms with Crippen LogP contribution in [0.3, 0.4) is 0 Å². The third-order valence-electron chi connectivity index (χ3n) is 2.09. The highest BCUT2D eigenvalue weighted by molar-refractivity contribution is 5.28. The molecule has 5 heteroatoms. The van der Waals surface area contributed by atoms with Gasteiger partial charge in [0, 0.05) is 18.6 Å². The third-order valence-corrected chi connectivity index (χ3v) is 2.09. The van der Waals surface area contributed by atoms with Gasteiger partial charge >= 0.3 is 0 Å². The summed E-state index contributed by atoms with van der Waals surface area (Å²) in [6.45, 7) is 0.179. The van der Waals surface area contributed by atoms with E-state index in [2.05, 4.69) is 15.3 Å². The number of hydrogen-bond donors (Lipinski definition) is 2. The molecule has 13 heavy (non-hydrogen) atoms. The van der Waals surface area contributed by atoms with Gasteiger partial charge in [-0.2, -0.15) is 0 Å². The van der Waals surface area contributed by atoms with Crippen molar-refractivity contribution in [1.82, 2.24) is 9.97 Å². The summed E-state index contributed by atoms with van der Waals surface area (Å²) in [6, 6.07) is 0.246. The summed E-state index contributed by atoms with van der Waals surface area (Å²) in [5.41, 5.74) is 0. The fourth-order valence-electron chi connectivity index (χ4n) is 1.18. The number of nitrogens with one attached hydrogen (secondary N) is 1. The number of nitrogens with zero attached hydrogens (tertiary/aromatic N) is 2. The van der Waals surface area contributed by atoms with Gasteiger partial charge in [0.15, 0.2) is 5.82 Å². The van der Waals surface area contributed by atoms with Crippen LogP contribution < -0.4 is 5.32 Å². The number of anilines is 1. The van der Waals surface area contributed by atoms with Crippen molar-refractivity contribution < 1.29 is 9.50 Å². The molecule has 0 spiro atoms. The van der Waals surface area contributed by atoms with Gasteiger partial charge in [0.25, 0.3) is 0 Å². The smallest absolute Gasteiger partial charge is 0.223 e. The lowest BCUT2D eigenvalue weighted by Crippen LogP contribution is -2.09. The highest BCUT2D eigenvalue weighted by atomic mass is 19.1. The molecular weight excluding hydrogens is 173 g/mol. The number of halogens is 1. The zero-order valence-electron chi connectivity index (χ0n) is 6.94. The minimum absolute atomic E-state index is 0.179. The SMILES string of the molecule is OC[C@@H]1C[C@H]1Nc1ncc(F)cn1. The zero-order valence-corrected chi connectivity index (χ0v) is 6.94. The Balaban J connectivity index is 1.92. The van der Waals surface area contributed by atoms with Gasteiger partial charge in [-0.25, -0.2) is 14.4 Å². The van der Waals surface area contributed by atoms with Crippen molar-refractivity contribution in [3.8, 4) is 0 Å². The largest absolute Gasteiger partial charge is 0.396 e. The van der Waals surface area contributed by atoms with Crippen LogP contribution in [-0.2, 0) is 0 Å². The molecule has 2 rings (SSSR count). The van der Waals surface area contributed by atoms with Crippen molar-refractivity contribution in [2.45, 2.75) is 12.5 Å². The standard InChI is InChI=1S/C8H10FN3O/c9-6-2-10-8(11-3-6)12-7-1-5(7)4-13/h2-3,5,7,13H,1,4H2,(H,10,11,12)/t5-,7+/m0/s1. The Morgan fingerprint density at radius 3 is 2.77 bits per heavy atom. The number of aliphatic hydroxyl groups is 1. The Hall–Kier alpha value is -1.23. The fourth-order valence-corrected chi connectivity index (χ4v) is 1.18.